The molecular formula is C26H24Cl2FN3O2S. The van der Waals surface area contributed by atoms with E-state index in [9.17, 15) is 9.59 Å². The van der Waals surface area contributed by atoms with Gasteiger partial charge < -0.3 is 4.90 Å². The maximum absolute atomic E-state index is 15.4. The highest BCUT2D eigenvalue weighted by Gasteiger charge is 2.36. The minimum atomic E-state index is -0.721. The normalized spacial score (nSPS) is 18.5. The van der Waals surface area contributed by atoms with Gasteiger partial charge in [0.15, 0.2) is 5.11 Å². The van der Waals surface area contributed by atoms with Crippen molar-refractivity contribution in [1.29, 1.82) is 0 Å². The Labute approximate surface area is 219 Å². The van der Waals surface area contributed by atoms with Gasteiger partial charge in [-0.1, -0.05) is 42.3 Å². The number of amides is 2. The second-order valence-electron chi connectivity index (χ2n) is 9.05. The number of anilines is 2. The monoisotopic (exact) mass is 531 g/mol. The van der Waals surface area contributed by atoms with Gasteiger partial charge in [-0.25, -0.2) is 4.39 Å². The highest BCUT2D eigenvalue weighted by atomic mass is 35.5. The molecular weight excluding hydrogens is 508 g/mol. The number of carbonyl (C=O) groups is 2. The zero-order valence-corrected chi connectivity index (χ0v) is 22.0. The Bertz CT molecular complexity index is 1340. The smallest absolute Gasteiger partial charge is 0.270 e. The number of nitrogens with one attached hydrogen (secondary N) is 1. The van der Waals surface area contributed by atoms with Crippen LogP contribution in [0.15, 0.2) is 42.0 Å². The van der Waals surface area contributed by atoms with E-state index in [4.69, 9.17) is 35.4 Å². The molecule has 1 saturated heterocycles. The molecule has 1 fully saturated rings. The number of nitrogens with zero attached hydrogens (tertiary/aromatic N) is 2. The van der Waals surface area contributed by atoms with Crippen LogP contribution in [0.4, 0.5) is 15.8 Å². The van der Waals surface area contributed by atoms with Crippen LogP contribution in [0.25, 0.3) is 11.6 Å². The van der Waals surface area contributed by atoms with Gasteiger partial charge in [0.1, 0.15) is 11.4 Å². The Morgan fingerprint density at radius 3 is 2.57 bits per heavy atom. The van der Waals surface area contributed by atoms with E-state index in [0.717, 1.165) is 34.7 Å². The summed E-state index contributed by atoms with van der Waals surface area (Å²) in [6.45, 7) is 8.99. The summed E-state index contributed by atoms with van der Waals surface area (Å²) >= 11 is 17.6. The standard InChI is InChI=1S/C26H24Cl2FN3O2S/c1-5-9-31-21-12-19(29)15(10-16(21)14(2)13-26(31,3)4)11-17-23(33)30-25(35)32(24(17)34)20-8-6-7-18(27)22(20)28/h6-8,10-13H,5,9H2,1-4H3,(H,30,33,35)/b17-11-. The fraction of sp³-hybridized carbons (Fsp3) is 0.269. The number of hydrogen-bond acceptors (Lipinski definition) is 4. The Morgan fingerprint density at radius 1 is 1.17 bits per heavy atom. The molecule has 35 heavy (non-hydrogen) atoms. The maximum Gasteiger partial charge on any atom is 0.270 e. The molecule has 0 saturated carbocycles. The van der Waals surface area contributed by atoms with E-state index in [2.05, 4.69) is 37.1 Å². The number of allylic oxidation sites excluding steroid dienone is 1. The summed E-state index contributed by atoms with van der Waals surface area (Å²) in [4.78, 5) is 29.3. The molecule has 5 nitrogen and oxygen atoms in total. The fourth-order valence-electron chi connectivity index (χ4n) is 4.55. The minimum absolute atomic E-state index is 0.111. The van der Waals surface area contributed by atoms with Crippen molar-refractivity contribution in [2.45, 2.75) is 39.7 Å². The van der Waals surface area contributed by atoms with E-state index in [1.807, 2.05) is 6.92 Å². The van der Waals surface area contributed by atoms with Gasteiger partial charge in [-0.3, -0.25) is 19.8 Å². The number of fused-ring (bicyclic) bond motifs is 1. The highest BCUT2D eigenvalue weighted by Crippen LogP contribution is 2.41. The van der Waals surface area contributed by atoms with Crippen molar-refractivity contribution in [2.75, 3.05) is 16.3 Å². The average molecular weight is 532 g/mol. The van der Waals surface area contributed by atoms with Crippen LogP contribution >= 0.6 is 35.4 Å². The molecule has 0 atom stereocenters. The lowest BCUT2D eigenvalue weighted by Crippen LogP contribution is -2.54. The van der Waals surface area contributed by atoms with E-state index in [0.29, 0.717) is 0 Å². The summed E-state index contributed by atoms with van der Waals surface area (Å²) in [5, 5.41) is 2.69. The van der Waals surface area contributed by atoms with Crippen molar-refractivity contribution < 1.29 is 14.0 Å². The first-order chi connectivity index (χ1) is 16.5. The van der Waals surface area contributed by atoms with Crippen molar-refractivity contribution in [3.05, 3.63) is 69.0 Å². The van der Waals surface area contributed by atoms with Crippen LogP contribution in [-0.4, -0.2) is 29.0 Å². The molecule has 0 aromatic heterocycles. The fourth-order valence-corrected chi connectivity index (χ4v) is 5.21. The third-order valence-electron chi connectivity index (χ3n) is 6.12. The predicted molar refractivity (Wildman–Crippen MR) is 144 cm³/mol. The molecule has 0 unspecified atom stereocenters. The van der Waals surface area contributed by atoms with Gasteiger partial charge in [0.25, 0.3) is 11.8 Å². The first kappa shape index (κ1) is 25.4. The molecule has 0 radical (unpaired) electrons. The summed E-state index contributed by atoms with van der Waals surface area (Å²) in [6.07, 6.45) is 4.29. The van der Waals surface area contributed by atoms with Gasteiger partial charge in [-0.2, -0.15) is 0 Å². The van der Waals surface area contributed by atoms with Crippen LogP contribution in [0.2, 0.25) is 10.0 Å². The van der Waals surface area contributed by atoms with Crippen LogP contribution in [0, 0.1) is 5.82 Å². The van der Waals surface area contributed by atoms with E-state index < -0.39 is 17.6 Å². The van der Waals surface area contributed by atoms with Gasteiger partial charge in [0.2, 0.25) is 0 Å². The summed E-state index contributed by atoms with van der Waals surface area (Å²) in [5.41, 5.74) is 2.43. The molecule has 2 aliphatic heterocycles. The Balaban J connectivity index is 1.81. The topological polar surface area (TPSA) is 52.7 Å². The summed E-state index contributed by atoms with van der Waals surface area (Å²) < 4.78 is 15.4. The lowest BCUT2D eigenvalue weighted by molar-refractivity contribution is -0.122. The van der Waals surface area contributed by atoms with Gasteiger partial charge in [0.05, 0.1) is 21.3 Å². The first-order valence-corrected chi connectivity index (χ1v) is 12.3. The van der Waals surface area contributed by atoms with Crippen LogP contribution in [0.3, 0.4) is 0 Å². The Hall–Kier alpha value is -2.74. The van der Waals surface area contributed by atoms with Crippen molar-refractivity contribution >= 4 is 75.4 Å². The summed E-state index contributed by atoms with van der Waals surface area (Å²) in [7, 11) is 0. The second kappa shape index (κ2) is 9.37. The number of rotatable bonds is 4. The van der Waals surface area contributed by atoms with Crippen LogP contribution in [0.1, 0.15) is 45.2 Å². The zero-order valence-electron chi connectivity index (χ0n) is 19.7. The van der Waals surface area contributed by atoms with Crippen molar-refractivity contribution in [2.24, 2.45) is 0 Å². The third kappa shape index (κ3) is 4.48. The van der Waals surface area contributed by atoms with Crippen molar-refractivity contribution in [1.82, 2.24) is 5.32 Å². The molecule has 1 N–H and O–H groups in total. The molecule has 2 heterocycles. The molecule has 9 heteroatoms. The zero-order chi connectivity index (χ0) is 25.7. The van der Waals surface area contributed by atoms with Crippen LogP contribution in [0.5, 0.6) is 0 Å². The van der Waals surface area contributed by atoms with Gasteiger partial charge in [-0.05, 0) is 75.3 Å². The largest absolute Gasteiger partial charge is 0.362 e. The molecule has 2 amide bonds. The van der Waals surface area contributed by atoms with Gasteiger partial charge in [0, 0.05) is 23.4 Å². The minimum Gasteiger partial charge on any atom is -0.362 e. The molecule has 4 rings (SSSR count). The van der Waals surface area contributed by atoms with Crippen LogP contribution in [-0.2, 0) is 9.59 Å². The molecule has 182 valence electrons. The molecule has 2 aliphatic rings. The van der Waals surface area contributed by atoms with E-state index in [-0.39, 0.29) is 37.5 Å². The van der Waals surface area contributed by atoms with Crippen molar-refractivity contribution in [3.8, 4) is 0 Å². The average Bonchev–Trinajstić information content (AvgIpc) is 2.77. The summed E-state index contributed by atoms with van der Waals surface area (Å²) in [5.74, 6) is -1.97. The molecule has 0 spiro atoms. The Kier molecular flexibility index (Phi) is 6.79. The van der Waals surface area contributed by atoms with E-state index >= 15 is 4.39 Å². The number of halogens is 3. The van der Waals surface area contributed by atoms with Crippen molar-refractivity contribution in [3.63, 3.8) is 0 Å². The lowest BCUT2D eigenvalue weighted by atomic mass is 9.87. The highest BCUT2D eigenvalue weighted by molar-refractivity contribution is 7.80. The lowest BCUT2D eigenvalue weighted by Gasteiger charge is -2.43. The number of thiocarbonyl (C=S) groups is 1. The number of carbonyl (C=O) groups excluding carboxylic acids is 2. The molecule has 2 aromatic rings. The van der Waals surface area contributed by atoms with Gasteiger partial charge >= 0.3 is 0 Å². The predicted octanol–water partition coefficient (Wildman–Crippen LogP) is 6.38. The quantitative estimate of drug-likeness (QED) is 0.282. The first-order valence-electron chi connectivity index (χ1n) is 11.1. The second-order valence-corrected chi connectivity index (χ2v) is 10.2. The van der Waals surface area contributed by atoms with E-state index in [1.165, 1.54) is 12.1 Å². The Morgan fingerprint density at radius 2 is 1.89 bits per heavy atom. The molecule has 0 bridgehead atoms. The number of benzene rings is 2. The SMILES string of the molecule is CCCN1c2cc(F)c(/C=C3/C(=O)NC(=S)N(c4cccc(Cl)c4Cl)C3=O)cc2C(C)=CC1(C)C. The maximum atomic E-state index is 15.4. The van der Waals surface area contributed by atoms with E-state index in [1.54, 1.807) is 24.3 Å². The van der Waals surface area contributed by atoms with Crippen LogP contribution < -0.4 is 15.1 Å². The van der Waals surface area contributed by atoms with Gasteiger partial charge in [-0.15, -0.1) is 0 Å². The third-order valence-corrected chi connectivity index (χ3v) is 7.21. The summed E-state index contributed by atoms with van der Waals surface area (Å²) in [6, 6.07) is 7.89. The molecule has 2 aromatic carbocycles. The number of hydrogen-bond donors (Lipinski definition) is 1. The molecule has 0 aliphatic carbocycles.